The SMILES string of the molecule is CNC1CCOC(c2ccc(F)cc2)C1.Cl. The highest BCUT2D eigenvalue weighted by Crippen LogP contribution is 2.27. The van der Waals surface area contributed by atoms with Gasteiger partial charge < -0.3 is 10.1 Å². The molecule has 2 unspecified atom stereocenters. The summed E-state index contributed by atoms with van der Waals surface area (Å²) in [6, 6.07) is 7.09. The maximum Gasteiger partial charge on any atom is 0.123 e. The predicted molar refractivity (Wildman–Crippen MR) is 64.4 cm³/mol. The van der Waals surface area contributed by atoms with E-state index in [1.165, 1.54) is 12.1 Å². The summed E-state index contributed by atoms with van der Waals surface area (Å²) in [7, 11) is 1.97. The molecule has 0 radical (unpaired) electrons. The van der Waals surface area contributed by atoms with Gasteiger partial charge in [0, 0.05) is 12.6 Å². The van der Waals surface area contributed by atoms with Gasteiger partial charge in [-0.2, -0.15) is 0 Å². The Hall–Kier alpha value is -0.640. The van der Waals surface area contributed by atoms with E-state index in [4.69, 9.17) is 4.74 Å². The van der Waals surface area contributed by atoms with E-state index in [1.54, 1.807) is 12.1 Å². The quantitative estimate of drug-likeness (QED) is 0.865. The van der Waals surface area contributed by atoms with E-state index in [0.29, 0.717) is 6.04 Å². The van der Waals surface area contributed by atoms with E-state index in [2.05, 4.69) is 5.32 Å². The van der Waals surface area contributed by atoms with Gasteiger partial charge in [-0.25, -0.2) is 4.39 Å². The van der Waals surface area contributed by atoms with Gasteiger partial charge >= 0.3 is 0 Å². The maximum atomic E-state index is 12.7. The van der Waals surface area contributed by atoms with Crippen molar-refractivity contribution >= 4 is 12.4 Å². The van der Waals surface area contributed by atoms with Gasteiger partial charge in [0.25, 0.3) is 0 Å². The molecule has 0 amide bonds. The smallest absolute Gasteiger partial charge is 0.123 e. The van der Waals surface area contributed by atoms with Crippen LogP contribution in [0.5, 0.6) is 0 Å². The molecule has 2 atom stereocenters. The maximum absolute atomic E-state index is 12.7. The molecule has 90 valence electrons. The van der Waals surface area contributed by atoms with Gasteiger partial charge in [0.2, 0.25) is 0 Å². The minimum absolute atomic E-state index is 0. The zero-order chi connectivity index (χ0) is 10.7. The van der Waals surface area contributed by atoms with Crippen molar-refractivity contribution in [1.82, 2.24) is 5.32 Å². The predicted octanol–water partition coefficient (Wildman–Crippen LogP) is 2.69. The van der Waals surface area contributed by atoms with Crippen LogP contribution in [0.15, 0.2) is 24.3 Å². The Kier molecular flexibility index (Phi) is 5.19. The Morgan fingerprint density at radius 2 is 2.00 bits per heavy atom. The molecule has 1 aromatic rings. The first kappa shape index (κ1) is 13.4. The Bertz CT molecular complexity index is 317. The number of ether oxygens (including phenoxy) is 1. The average Bonchev–Trinajstić information content (AvgIpc) is 2.30. The van der Waals surface area contributed by atoms with E-state index in [1.807, 2.05) is 7.05 Å². The highest BCUT2D eigenvalue weighted by molar-refractivity contribution is 5.85. The van der Waals surface area contributed by atoms with Gasteiger partial charge in [-0.05, 0) is 37.6 Å². The van der Waals surface area contributed by atoms with Crippen molar-refractivity contribution in [1.29, 1.82) is 0 Å². The molecule has 0 bridgehead atoms. The average molecular weight is 246 g/mol. The first-order chi connectivity index (χ1) is 7.29. The minimum atomic E-state index is -0.195. The van der Waals surface area contributed by atoms with E-state index < -0.39 is 0 Å². The van der Waals surface area contributed by atoms with Crippen molar-refractivity contribution in [2.45, 2.75) is 25.0 Å². The lowest BCUT2D eigenvalue weighted by Gasteiger charge is -2.29. The molecule has 2 rings (SSSR count). The molecule has 16 heavy (non-hydrogen) atoms. The molecular weight excluding hydrogens is 229 g/mol. The molecule has 1 saturated heterocycles. The third-order valence-corrected chi connectivity index (χ3v) is 2.93. The molecule has 1 N–H and O–H groups in total. The third kappa shape index (κ3) is 3.17. The summed E-state index contributed by atoms with van der Waals surface area (Å²) < 4.78 is 18.4. The van der Waals surface area contributed by atoms with Crippen LogP contribution < -0.4 is 5.32 Å². The van der Waals surface area contributed by atoms with E-state index in [-0.39, 0.29) is 24.3 Å². The normalized spacial score (nSPS) is 24.9. The van der Waals surface area contributed by atoms with Crippen LogP contribution in [0.2, 0.25) is 0 Å². The molecule has 1 aliphatic rings. The molecule has 0 saturated carbocycles. The summed E-state index contributed by atoms with van der Waals surface area (Å²) in [5.74, 6) is -0.195. The van der Waals surface area contributed by atoms with Gasteiger partial charge in [-0.1, -0.05) is 12.1 Å². The van der Waals surface area contributed by atoms with E-state index >= 15 is 0 Å². The lowest BCUT2D eigenvalue weighted by molar-refractivity contribution is 0.00152. The lowest BCUT2D eigenvalue weighted by Crippen LogP contribution is -2.33. The number of rotatable bonds is 2. The van der Waals surface area contributed by atoms with Crippen LogP contribution in [0.3, 0.4) is 0 Å². The molecule has 1 fully saturated rings. The number of hydrogen-bond acceptors (Lipinski definition) is 2. The summed E-state index contributed by atoms with van der Waals surface area (Å²) in [6.07, 6.45) is 2.12. The monoisotopic (exact) mass is 245 g/mol. The van der Waals surface area contributed by atoms with Gasteiger partial charge in [-0.3, -0.25) is 0 Å². The fourth-order valence-electron chi connectivity index (χ4n) is 1.97. The van der Waals surface area contributed by atoms with Crippen LogP contribution in [0, 0.1) is 5.82 Å². The second kappa shape index (κ2) is 6.18. The van der Waals surface area contributed by atoms with Crippen molar-refractivity contribution in [3.05, 3.63) is 35.6 Å². The second-order valence-electron chi connectivity index (χ2n) is 3.92. The Morgan fingerprint density at radius 1 is 1.31 bits per heavy atom. The first-order valence-electron chi connectivity index (χ1n) is 5.34. The van der Waals surface area contributed by atoms with Gasteiger partial charge in [0.05, 0.1) is 6.10 Å². The third-order valence-electron chi connectivity index (χ3n) is 2.93. The van der Waals surface area contributed by atoms with Crippen molar-refractivity contribution in [3.8, 4) is 0 Å². The number of benzene rings is 1. The van der Waals surface area contributed by atoms with Crippen LogP contribution in [-0.4, -0.2) is 19.7 Å². The van der Waals surface area contributed by atoms with Crippen molar-refractivity contribution in [3.63, 3.8) is 0 Å². The molecule has 1 aromatic carbocycles. The minimum Gasteiger partial charge on any atom is -0.373 e. The number of hydrogen-bond donors (Lipinski definition) is 1. The molecule has 0 spiro atoms. The second-order valence-corrected chi connectivity index (χ2v) is 3.92. The Balaban J connectivity index is 0.00000128. The number of nitrogens with one attached hydrogen (secondary N) is 1. The molecular formula is C12H17ClFNO. The van der Waals surface area contributed by atoms with Crippen LogP contribution >= 0.6 is 12.4 Å². The molecule has 1 heterocycles. The molecule has 0 aromatic heterocycles. The highest BCUT2D eigenvalue weighted by Gasteiger charge is 2.22. The zero-order valence-corrected chi connectivity index (χ0v) is 10.1. The zero-order valence-electron chi connectivity index (χ0n) is 9.28. The molecule has 1 aliphatic heterocycles. The summed E-state index contributed by atoms with van der Waals surface area (Å²) in [5, 5.41) is 3.26. The highest BCUT2D eigenvalue weighted by atomic mass is 35.5. The van der Waals surface area contributed by atoms with Crippen molar-refractivity contribution < 1.29 is 9.13 Å². The first-order valence-corrected chi connectivity index (χ1v) is 5.34. The fourth-order valence-corrected chi connectivity index (χ4v) is 1.97. The Labute approximate surface area is 102 Å². The fraction of sp³-hybridized carbons (Fsp3) is 0.500. The van der Waals surface area contributed by atoms with Crippen LogP contribution in [0.1, 0.15) is 24.5 Å². The van der Waals surface area contributed by atoms with Crippen LogP contribution in [0.4, 0.5) is 4.39 Å². The lowest BCUT2D eigenvalue weighted by atomic mass is 9.98. The molecule has 4 heteroatoms. The molecule has 0 aliphatic carbocycles. The summed E-state index contributed by atoms with van der Waals surface area (Å²) >= 11 is 0. The summed E-state index contributed by atoms with van der Waals surface area (Å²) in [5.41, 5.74) is 1.07. The topological polar surface area (TPSA) is 21.3 Å². The van der Waals surface area contributed by atoms with Crippen molar-refractivity contribution in [2.24, 2.45) is 0 Å². The Morgan fingerprint density at radius 3 is 2.62 bits per heavy atom. The van der Waals surface area contributed by atoms with Crippen molar-refractivity contribution in [2.75, 3.05) is 13.7 Å². The summed E-state index contributed by atoms with van der Waals surface area (Å²) in [4.78, 5) is 0. The van der Waals surface area contributed by atoms with Crippen LogP contribution in [-0.2, 0) is 4.74 Å². The standard InChI is InChI=1S/C12H16FNO.ClH/c1-14-11-6-7-15-12(8-11)9-2-4-10(13)5-3-9;/h2-5,11-12,14H,6-8H2,1H3;1H. The summed E-state index contributed by atoms with van der Waals surface area (Å²) in [6.45, 7) is 0.771. The van der Waals surface area contributed by atoms with Crippen LogP contribution in [0.25, 0.3) is 0 Å². The van der Waals surface area contributed by atoms with E-state index in [0.717, 1.165) is 25.0 Å². The number of halogens is 2. The van der Waals surface area contributed by atoms with E-state index in [9.17, 15) is 4.39 Å². The largest absolute Gasteiger partial charge is 0.373 e. The van der Waals surface area contributed by atoms with Gasteiger partial charge in [-0.15, -0.1) is 12.4 Å². The van der Waals surface area contributed by atoms with Gasteiger partial charge in [0.1, 0.15) is 5.82 Å². The molecule has 2 nitrogen and oxygen atoms in total. The van der Waals surface area contributed by atoms with Gasteiger partial charge in [0.15, 0.2) is 0 Å².